The van der Waals surface area contributed by atoms with E-state index >= 15 is 0 Å². The van der Waals surface area contributed by atoms with Crippen LogP contribution in [0.4, 0.5) is 0 Å². The number of nitrogens with zero attached hydrogens (tertiary/aromatic N) is 3. The van der Waals surface area contributed by atoms with Crippen molar-refractivity contribution >= 4 is 5.96 Å². The third kappa shape index (κ3) is 7.67. The van der Waals surface area contributed by atoms with Crippen molar-refractivity contribution in [3.05, 3.63) is 53.9 Å². The molecule has 7 heteroatoms. The molecule has 0 amide bonds. The Hall–Kier alpha value is -2.38. The molecule has 0 fully saturated rings. The number of aromatic nitrogens is 2. The first-order chi connectivity index (χ1) is 12.8. The molecule has 0 unspecified atom stereocenters. The second-order valence-electron chi connectivity index (χ2n) is 5.83. The van der Waals surface area contributed by atoms with E-state index in [4.69, 9.17) is 9.47 Å². The molecular formula is C19H29N5O2. The van der Waals surface area contributed by atoms with E-state index in [1.807, 2.05) is 16.9 Å². The quantitative estimate of drug-likeness (QED) is 0.363. The summed E-state index contributed by atoms with van der Waals surface area (Å²) in [6, 6.07) is 10.4. The molecule has 0 spiro atoms. The summed E-state index contributed by atoms with van der Waals surface area (Å²) in [5.41, 5.74) is 2.43. The van der Waals surface area contributed by atoms with E-state index in [9.17, 15) is 0 Å². The minimum atomic E-state index is 0.635. The number of aliphatic imine (C=N–C) groups is 1. The summed E-state index contributed by atoms with van der Waals surface area (Å²) in [5.74, 6) is 0.791. The van der Waals surface area contributed by atoms with Crippen LogP contribution in [0.15, 0.2) is 47.7 Å². The van der Waals surface area contributed by atoms with E-state index in [-0.39, 0.29) is 0 Å². The van der Waals surface area contributed by atoms with Crippen LogP contribution in [0.25, 0.3) is 0 Å². The molecule has 0 saturated heterocycles. The maximum Gasteiger partial charge on any atom is 0.191 e. The van der Waals surface area contributed by atoms with Gasteiger partial charge in [0.05, 0.1) is 19.8 Å². The SMILES string of the molecule is CN=C(NCCCOCCOC)NCc1cccc(Cn2cccn2)c1. The van der Waals surface area contributed by atoms with Crippen molar-refractivity contribution in [3.63, 3.8) is 0 Å². The Bertz CT molecular complexity index is 643. The molecule has 2 aromatic rings. The van der Waals surface area contributed by atoms with Gasteiger partial charge in [-0.05, 0) is 23.6 Å². The van der Waals surface area contributed by atoms with Crippen molar-refractivity contribution in [1.29, 1.82) is 0 Å². The van der Waals surface area contributed by atoms with Crippen molar-refractivity contribution < 1.29 is 9.47 Å². The van der Waals surface area contributed by atoms with E-state index < -0.39 is 0 Å². The zero-order chi connectivity index (χ0) is 18.5. The van der Waals surface area contributed by atoms with E-state index in [2.05, 4.69) is 45.0 Å². The Morgan fingerprint density at radius 2 is 2.04 bits per heavy atom. The third-order valence-electron chi connectivity index (χ3n) is 3.77. The lowest BCUT2D eigenvalue weighted by Crippen LogP contribution is -2.37. The summed E-state index contributed by atoms with van der Waals surface area (Å²) < 4.78 is 12.3. The second-order valence-corrected chi connectivity index (χ2v) is 5.83. The zero-order valence-electron chi connectivity index (χ0n) is 15.6. The van der Waals surface area contributed by atoms with Gasteiger partial charge in [0, 0.05) is 46.2 Å². The van der Waals surface area contributed by atoms with Crippen LogP contribution in [0.2, 0.25) is 0 Å². The summed E-state index contributed by atoms with van der Waals surface area (Å²) in [6.45, 7) is 4.29. The molecule has 1 heterocycles. The fourth-order valence-corrected chi connectivity index (χ4v) is 2.45. The number of hydrogen-bond donors (Lipinski definition) is 2. The van der Waals surface area contributed by atoms with Gasteiger partial charge in [0.25, 0.3) is 0 Å². The molecule has 0 aliphatic heterocycles. The van der Waals surface area contributed by atoms with E-state index in [0.717, 1.165) is 32.0 Å². The molecule has 2 N–H and O–H groups in total. The monoisotopic (exact) mass is 359 g/mol. The lowest BCUT2D eigenvalue weighted by Gasteiger charge is -2.13. The Morgan fingerprint density at radius 1 is 1.15 bits per heavy atom. The van der Waals surface area contributed by atoms with Crippen LogP contribution >= 0.6 is 0 Å². The Morgan fingerprint density at radius 3 is 2.81 bits per heavy atom. The molecule has 7 nitrogen and oxygen atoms in total. The summed E-state index contributed by atoms with van der Waals surface area (Å²) in [7, 11) is 3.45. The van der Waals surface area contributed by atoms with Gasteiger partial charge in [-0.1, -0.05) is 24.3 Å². The minimum Gasteiger partial charge on any atom is -0.382 e. The lowest BCUT2D eigenvalue weighted by molar-refractivity contribution is 0.0698. The largest absolute Gasteiger partial charge is 0.382 e. The summed E-state index contributed by atoms with van der Waals surface area (Å²) >= 11 is 0. The number of methoxy groups -OCH3 is 1. The molecule has 0 saturated carbocycles. The number of hydrogen-bond acceptors (Lipinski definition) is 4. The average Bonchev–Trinajstić information content (AvgIpc) is 3.17. The Labute approximate surface area is 155 Å². The first-order valence-corrected chi connectivity index (χ1v) is 8.88. The number of nitrogens with one attached hydrogen (secondary N) is 2. The van der Waals surface area contributed by atoms with Gasteiger partial charge >= 0.3 is 0 Å². The number of guanidine groups is 1. The molecule has 0 aliphatic carbocycles. The van der Waals surface area contributed by atoms with Gasteiger partial charge in [-0.2, -0.15) is 5.10 Å². The first-order valence-electron chi connectivity index (χ1n) is 8.88. The molecule has 2 rings (SSSR count). The van der Waals surface area contributed by atoms with Crippen LogP contribution in [-0.2, 0) is 22.6 Å². The number of benzene rings is 1. The molecule has 1 aromatic heterocycles. The van der Waals surface area contributed by atoms with E-state index in [1.165, 1.54) is 11.1 Å². The van der Waals surface area contributed by atoms with Gasteiger partial charge in [-0.15, -0.1) is 0 Å². The number of rotatable bonds is 11. The van der Waals surface area contributed by atoms with Crippen LogP contribution in [0.5, 0.6) is 0 Å². The van der Waals surface area contributed by atoms with Gasteiger partial charge in [-0.3, -0.25) is 9.67 Å². The van der Waals surface area contributed by atoms with Crippen molar-refractivity contribution in [2.45, 2.75) is 19.5 Å². The molecule has 0 atom stereocenters. The van der Waals surface area contributed by atoms with Crippen LogP contribution in [-0.4, -0.2) is 56.3 Å². The van der Waals surface area contributed by atoms with Crippen LogP contribution in [0.3, 0.4) is 0 Å². The minimum absolute atomic E-state index is 0.635. The maximum absolute atomic E-state index is 5.44. The molecule has 0 radical (unpaired) electrons. The van der Waals surface area contributed by atoms with Crippen LogP contribution < -0.4 is 10.6 Å². The lowest BCUT2D eigenvalue weighted by atomic mass is 10.1. The Balaban J connectivity index is 1.69. The van der Waals surface area contributed by atoms with Crippen LogP contribution in [0, 0.1) is 0 Å². The fraction of sp³-hybridized carbons (Fsp3) is 0.474. The molecule has 0 bridgehead atoms. The molecule has 0 aliphatic rings. The second kappa shape index (κ2) is 12.1. The van der Waals surface area contributed by atoms with Crippen molar-refractivity contribution in [2.24, 2.45) is 4.99 Å². The third-order valence-corrected chi connectivity index (χ3v) is 3.77. The van der Waals surface area contributed by atoms with Crippen molar-refractivity contribution in [1.82, 2.24) is 20.4 Å². The highest BCUT2D eigenvalue weighted by Crippen LogP contribution is 2.07. The van der Waals surface area contributed by atoms with Crippen molar-refractivity contribution in [3.8, 4) is 0 Å². The topological polar surface area (TPSA) is 72.7 Å². The molecule has 142 valence electrons. The van der Waals surface area contributed by atoms with Gasteiger partial charge in [0.15, 0.2) is 5.96 Å². The first kappa shape index (κ1) is 19.9. The van der Waals surface area contributed by atoms with Crippen molar-refractivity contribution in [2.75, 3.05) is 40.5 Å². The zero-order valence-corrected chi connectivity index (χ0v) is 15.6. The molecule has 1 aromatic carbocycles. The van der Waals surface area contributed by atoms with Gasteiger partial charge in [0.1, 0.15) is 0 Å². The fourth-order valence-electron chi connectivity index (χ4n) is 2.45. The van der Waals surface area contributed by atoms with Gasteiger partial charge in [0.2, 0.25) is 0 Å². The smallest absolute Gasteiger partial charge is 0.191 e. The molecular weight excluding hydrogens is 330 g/mol. The average molecular weight is 359 g/mol. The number of ether oxygens (including phenoxy) is 2. The predicted molar refractivity (Wildman–Crippen MR) is 103 cm³/mol. The predicted octanol–water partition coefficient (Wildman–Crippen LogP) is 1.65. The van der Waals surface area contributed by atoms with E-state index in [0.29, 0.717) is 19.8 Å². The van der Waals surface area contributed by atoms with E-state index in [1.54, 1.807) is 20.4 Å². The normalized spacial score (nSPS) is 11.5. The summed E-state index contributed by atoms with van der Waals surface area (Å²) in [5, 5.41) is 10.9. The standard InChI is InChI=1S/C19H29N5O2/c1-20-19(21-8-5-11-26-13-12-25-2)22-15-17-6-3-7-18(14-17)16-24-10-4-9-23-24/h3-4,6-7,9-10,14H,5,8,11-13,15-16H2,1-2H3,(H2,20,21,22). The highest BCUT2D eigenvalue weighted by Gasteiger charge is 2.01. The highest BCUT2D eigenvalue weighted by molar-refractivity contribution is 5.79. The summed E-state index contributed by atoms with van der Waals surface area (Å²) in [6.07, 6.45) is 4.68. The summed E-state index contributed by atoms with van der Waals surface area (Å²) in [4.78, 5) is 4.25. The van der Waals surface area contributed by atoms with Gasteiger partial charge < -0.3 is 20.1 Å². The maximum atomic E-state index is 5.44. The van der Waals surface area contributed by atoms with Gasteiger partial charge in [-0.25, -0.2) is 0 Å². The Kier molecular flexibility index (Phi) is 9.24. The highest BCUT2D eigenvalue weighted by atomic mass is 16.5. The van der Waals surface area contributed by atoms with Crippen LogP contribution in [0.1, 0.15) is 17.5 Å². The molecule has 26 heavy (non-hydrogen) atoms.